The van der Waals surface area contributed by atoms with E-state index >= 15 is 0 Å². The maximum Gasteiger partial charge on any atom is 0.297 e. The first-order chi connectivity index (χ1) is 11.8. The zero-order valence-electron chi connectivity index (χ0n) is 14.1. The first-order valence-electron chi connectivity index (χ1n) is 7.88. The Labute approximate surface area is 153 Å². The van der Waals surface area contributed by atoms with E-state index in [1.165, 1.54) is 0 Å². The van der Waals surface area contributed by atoms with Crippen LogP contribution in [0.1, 0.15) is 51.0 Å². The van der Waals surface area contributed by atoms with E-state index in [1.807, 2.05) is 6.92 Å². The van der Waals surface area contributed by atoms with Crippen LogP contribution in [0.15, 0.2) is 26.8 Å². The van der Waals surface area contributed by atoms with Gasteiger partial charge in [0.1, 0.15) is 14.7 Å². The third-order valence-electron chi connectivity index (χ3n) is 3.75. The van der Waals surface area contributed by atoms with Gasteiger partial charge in [0.25, 0.3) is 30.4 Å². The molecule has 0 bridgehead atoms. The Morgan fingerprint density at radius 3 is 1.65 bits per heavy atom. The van der Waals surface area contributed by atoms with Gasteiger partial charge in [-0.25, -0.2) is 0 Å². The Morgan fingerprint density at radius 2 is 1.19 bits per heavy atom. The minimum Gasteiger partial charge on any atom is -0.282 e. The molecule has 150 valence electrons. The lowest BCUT2D eigenvalue weighted by Gasteiger charge is -2.13. The van der Waals surface area contributed by atoms with Gasteiger partial charge >= 0.3 is 0 Å². The molecule has 0 aliphatic carbocycles. The summed E-state index contributed by atoms with van der Waals surface area (Å²) in [5.41, 5.74) is -0.164. The van der Waals surface area contributed by atoms with Gasteiger partial charge in [0.05, 0.1) is 0 Å². The summed E-state index contributed by atoms with van der Waals surface area (Å²) in [5, 5.41) is 0. The average Bonchev–Trinajstić information content (AvgIpc) is 2.47. The topological polar surface area (TPSA) is 163 Å². The zero-order valence-corrected chi connectivity index (χ0v) is 16.6. The molecule has 0 atom stereocenters. The maximum atomic E-state index is 11.7. The van der Waals surface area contributed by atoms with Gasteiger partial charge in [-0.2, -0.15) is 25.3 Å². The predicted molar refractivity (Wildman–Crippen MR) is 93.0 cm³/mol. The highest BCUT2D eigenvalue weighted by molar-refractivity contribution is 7.90. The van der Waals surface area contributed by atoms with Crippen LogP contribution in [-0.4, -0.2) is 38.9 Å². The van der Waals surface area contributed by atoms with Crippen molar-refractivity contribution in [3.8, 4) is 0 Å². The fourth-order valence-electron chi connectivity index (χ4n) is 2.61. The lowest BCUT2D eigenvalue weighted by molar-refractivity contribution is 0.454. The van der Waals surface area contributed by atoms with Gasteiger partial charge in [0.15, 0.2) is 0 Å². The lowest BCUT2D eigenvalue weighted by atomic mass is 10.0. The van der Waals surface area contributed by atoms with E-state index in [0.29, 0.717) is 18.9 Å². The molecular weight excluding hydrogens is 408 g/mol. The van der Waals surface area contributed by atoms with E-state index in [9.17, 15) is 34.4 Å². The summed E-state index contributed by atoms with van der Waals surface area (Å²) < 4.78 is 97.0. The molecule has 26 heavy (non-hydrogen) atoms. The summed E-state index contributed by atoms with van der Waals surface area (Å²) in [6.07, 6.45) is 5.17. The lowest BCUT2D eigenvalue weighted by Crippen LogP contribution is -2.16. The van der Waals surface area contributed by atoms with E-state index < -0.39 is 45.0 Å². The van der Waals surface area contributed by atoms with E-state index in [-0.39, 0.29) is 12.0 Å². The van der Waals surface area contributed by atoms with Crippen molar-refractivity contribution in [1.82, 2.24) is 0 Å². The molecule has 0 amide bonds. The summed E-state index contributed by atoms with van der Waals surface area (Å²) in [4.78, 5) is -4.10. The molecular formula is C14H22O9S3. The van der Waals surface area contributed by atoms with Crippen LogP contribution in [-0.2, 0) is 36.8 Å². The molecule has 12 heteroatoms. The van der Waals surface area contributed by atoms with E-state index in [4.69, 9.17) is 4.55 Å². The molecule has 0 spiro atoms. The number of unbranched alkanes of at least 4 members (excludes halogenated alkanes) is 5. The summed E-state index contributed by atoms with van der Waals surface area (Å²) in [6, 6.07) is 1.67. The predicted octanol–water partition coefficient (Wildman–Crippen LogP) is 2.33. The summed E-state index contributed by atoms with van der Waals surface area (Å²) in [5.74, 6) is 0. The highest BCUT2D eigenvalue weighted by atomic mass is 32.2. The molecule has 9 nitrogen and oxygen atoms in total. The van der Waals surface area contributed by atoms with Crippen molar-refractivity contribution in [2.75, 3.05) is 0 Å². The molecule has 3 N–H and O–H groups in total. The van der Waals surface area contributed by atoms with Crippen molar-refractivity contribution < 1.29 is 38.9 Å². The third kappa shape index (κ3) is 6.28. The Hall–Kier alpha value is -1.05. The highest BCUT2D eigenvalue weighted by Crippen LogP contribution is 2.32. The molecule has 0 unspecified atom stereocenters. The van der Waals surface area contributed by atoms with Gasteiger partial charge in [-0.05, 0) is 24.5 Å². The van der Waals surface area contributed by atoms with Crippen LogP contribution < -0.4 is 0 Å². The molecule has 0 radical (unpaired) electrons. The Kier molecular flexibility index (Phi) is 7.74. The molecule has 0 heterocycles. The smallest absolute Gasteiger partial charge is 0.282 e. The molecule has 0 aliphatic heterocycles. The van der Waals surface area contributed by atoms with Crippen molar-refractivity contribution in [3.05, 3.63) is 17.7 Å². The SMILES string of the molecule is CCCCCCCCc1ccc(S(=O)(=O)O)c(S(=O)(=O)O)c1S(=O)(=O)O. The van der Waals surface area contributed by atoms with Gasteiger partial charge in [0, 0.05) is 0 Å². The molecule has 1 rings (SSSR count). The number of hydrogen-bond acceptors (Lipinski definition) is 6. The van der Waals surface area contributed by atoms with Crippen LogP contribution in [0.3, 0.4) is 0 Å². The summed E-state index contributed by atoms with van der Waals surface area (Å²) >= 11 is 0. The maximum absolute atomic E-state index is 11.7. The number of aryl methyl sites for hydroxylation is 1. The fourth-order valence-corrected chi connectivity index (χ4v) is 6.05. The zero-order chi connectivity index (χ0) is 20.2. The van der Waals surface area contributed by atoms with Gasteiger partial charge in [0.2, 0.25) is 0 Å². The second-order valence-electron chi connectivity index (χ2n) is 5.82. The van der Waals surface area contributed by atoms with Crippen LogP contribution in [0.4, 0.5) is 0 Å². The van der Waals surface area contributed by atoms with Crippen molar-refractivity contribution in [3.63, 3.8) is 0 Å². The summed E-state index contributed by atoms with van der Waals surface area (Å²) in [7, 11) is -15.7. The van der Waals surface area contributed by atoms with Gasteiger partial charge in [-0.3, -0.25) is 13.7 Å². The van der Waals surface area contributed by atoms with Crippen LogP contribution in [0.5, 0.6) is 0 Å². The number of benzene rings is 1. The quantitative estimate of drug-likeness (QED) is 0.373. The van der Waals surface area contributed by atoms with E-state index in [1.54, 1.807) is 0 Å². The number of hydrogen-bond donors (Lipinski definition) is 3. The Balaban J connectivity index is 3.42. The summed E-state index contributed by atoms with van der Waals surface area (Å²) in [6.45, 7) is 2.05. The first-order valence-corrected chi connectivity index (χ1v) is 12.2. The van der Waals surface area contributed by atoms with Crippen LogP contribution >= 0.6 is 0 Å². The molecule has 0 saturated carbocycles. The normalized spacial score (nSPS) is 13.1. The Bertz CT molecular complexity index is 946. The second kappa shape index (κ2) is 8.76. The van der Waals surface area contributed by atoms with Gasteiger partial charge < -0.3 is 0 Å². The van der Waals surface area contributed by atoms with Gasteiger partial charge in [-0.15, -0.1) is 0 Å². The van der Waals surface area contributed by atoms with Gasteiger partial charge in [-0.1, -0.05) is 45.1 Å². The molecule has 1 aromatic carbocycles. The number of rotatable bonds is 10. The minimum atomic E-state index is -5.37. The molecule has 0 fully saturated rings. The molecule has 0 saturated heterocycles. The van der Waals surface area contributed by atoms with Crippen molar-refractivity contribution in [2.24, 2.45) is 0 Å². The largest absolute Gasteiger partial charge is 0.297 e. The monoisotopic (exact) mass is 430 g/mol. The minimum absolute atomic E-state index is 0.0372. The van der Waals surface area contributed by atoms with Crippen molar-refractivity contribution in [2.45, 2.75) is 66.6 Å². The van der Waals surface area contributed by atoms with Crippen LogP contribution in [0.2, 0.25) is 0 Å². The fraction of sp³-hybridized carbons (Fsp3) is 0.571. The van der Waals surface area contributed by atoms with E-state index in [0.717, 1.165) is 31.7 Å². The van der Waals surface area contributed by atoms with E-state index in [2.05, 4.69) is 0 Å². The van der Waals surface area contributed by atoms with Crippen molar-refractivity contribution in [1.29, 1.82) is 0 Å². The Morgan fingerprint density at radius 1 is 0.692 bits per heavy atom. The highest BCUT2D eigenvalue weighted by Gasteiger charge is 2.34. The second-order valence-corrected chi connectivity index (χ2v) is 9.93. The molecule has 0 aliphatic rings. The third-order valence-corrected chi connectivity index (χ3v) is 6.83. The first kappa shape index (κ1) is 23.0. The molecule has 0 aromatic heterocycles. The van der Waals surface area contributed by atoms with Crippen LogP contribution in [0.25, 0.3) is 0 Å². The van der Waals surface area contributed by atoms with Crippen LogP contribution in [0, 0.1) is 0 Å². The average molecular weight is 431 g/mol. The standard InChI is InChI=1S/C14H22O9S3/c1-2-3-4-5-6-7-8-11-9-10-12(24(15,16)17)14(26(21,22)23)13(11)25(18,19)20/h9-10H,2-8H2,1H3,(H,15,16,17)(H,18,19,20)(H,21,22,23). The molecule has 1 aromatic rings. The van der Waals surface area contributed by atoms with Crippen molar-refractivity contribution >= 4 is 30.4 Å².